The summed E-state index contributed by atoms with van der Waals surface area (Å²) < 4.78 is 39.7. The minimum absolute atomic E-state index is 0.0485. The van der Waals surface area contributed by atoms with Crippen LogP contribution in [0.3, 0.4) is 0 Å². The lowest BCUT2D eigenvalue weighted by molar-refractivity contribution is 0.174. The van der Waals surface area contributed by atoms with Crippen LogP contribution in [0.5, 0.6) is 11.5 Å². The number of benzene rings is 1. The number of hydrogen-bond donors (Lipinski definition) is 1. The van der Waals surface area contributed by atoms with Crippen molar-refractivity contribution < 1.29 is 22.6 Å². The smallest absolute Gasteiger partial charge is 0.231 e. The second kappa shape index (κ2) is 7.11. The second-order valence-electron chi connectivity index (χ2n) is 4.91. The monoisotopic (exact) mass is 315 g/mol. The van der Waals surface area contributed by atoms with E-state index in [2.05, 4.69) is 5.32 Å². The van der Waals surface area contributed by atoms with Gasteiger partial charge in [-0.3, -0.25) is 0 Å². The van der Waals surface area contributed by atoms with Gasteiger partial charge in [-0.05, 0) is 31.2 Å². The van der Waals surface area contributed by atoms with E-state index in [1.165, 1.54) is 0 Å². The number of rotatable bonds is 8. The summed E-state index contributed by atoms with van der Waals surface area (Å²) in [6.45, 7) is 0.659. The molecule has 2 rings (SSSR count). The van der Waals surface area contributed by atoms with Gasteiger partial charge in [-0.2, -0.15) is 0 Å². The summed E-state index contributed by atoms with van der Waals surface area (Å²) in [6.07, 6.45) is 0.510. The van der Waals surface area contributed by atoms with E-state index in [-0.39, 0.29) is 24.3 Å². The maximum atomic E-state index is 12.1. The summed E-state index contributed by atoms with van der Waals surface area (Å²) in [6, 6.07) is 5.22. The Morgan fingerprint density at radius 2 is 2.10 bits per heavy atom. The van der Waals surface area contributed by atoms with Crippen molar-refractivity contribution in [3.8, 4) is 11.5 Å². The quantitative estimate of drug-likeness (QED) is 0.725. The molecule has 1 aliphatic heterocycles. The first kappa shape index (κ1) is 16.1. The predicted molar refractivity (Wildman–Crippen MR) is 79.5 cm³/mol. The van der Waals surface area contributed by atoms with Gasteiger partial charge in [0.1, 0.15) is 0 Å². The molecular weight excluding hydrogens is 294 g/mol. The third-order valence-electron chi connectivity index (χ3n) is 3.37. The fourth-order valence-electron chi connectivity index (χ4n) is 2.24. The Labute approximate surface area is 125 Å². The van der Waals surface area contributed by atoms with Crippen LogP contribution in [0.1, 0.15) is 18.0 Å². The Morgan fingerprint density at radius 3 is 2.81 bits per heavy atom. The Balaban J connectivity index is 2.06. The molecule has 0 saturated carbocycles. The van der Waals surface area contributed by atoms with Gasteiger partial charge in [0, 0.05) is 19.8 Å². The number of sulfone groups is 1. The summed E-state index contributed by atoms with van der Waals surface area (Å²) in [5.41, 5.74) is 0.872. The summed E-state index contributed by atoms with van der Waals surface area (Å²) in [7, 11) is 0.173. The van der Waals surface area contributed by atoms with Gasteiger partial charge < -0.3 is 19.5 Å². The standard InChI is InChI=1S/C14H21NO5S/c1-15-12(9-21(16,17)7-3-6-18-2)11-4-5-13-14(8-11)20-10-19-13/h4-5,8,12,15H,3,6-7,9-10H2,1-2H3. The van der Waals surface area contributed by atoms with Crippen LogP contribution in [0.2, 0.25) is 0 Å². The van der Waals surface area contributed by atoms with Gasteiger partial charge in [-0.15, -0.1) is 0 Å². The van der Waals surface area contributed by atoms with Crippen LogP contribution in [-0.2, 0) is 14.6 Å². The van der Waals surface area contributed by atoms with E-state index in [1.54, 1.807) is 20.2 Å². The number of fused-ring (bicyclic) bond motifs is 1. The Kier molecular flexibility index (Phi) is 5.44. The molecule has 1 atom stereocenters. The molecule has 118 valence electrons. The first-order chi connectivity index (χ1) is 10.1. The molecule has 0 spiro atoms. The third kappa shape index (κ3) is 4.33. The minimum atomic E-state index is -3.14. The van der Waals surface area contributed by atoms with Crippen molar-refractivity contribution in [2.75, 3.05) is 39.1 Å². The molecule has 1 unspecified atom stereocenters. The summed E-state index contributed by atoms with van der Waals surface area (Å²) >= 11 is 0. The van der Waals surface area contributed by atoms with Crippen molar-refractivity contribution in [2.24, 2.45) is 0 Å². The van der Waals surface area contributed by atoms with E-state index in [1.807, 2.05) is 12.1 Å². The van der Waals surface area contributed by atoms with Crippen LogP contribution in [0.25, 0.3) is 0 Å². The molecule has 7 heteroatoms. The Bertz CT molecular complexity index is 573. The molecular formula is C14H21NO5S. The fraction of sp³-hybridized carbons (Fsp3) is 0.571. The number of ether oxygens (including phenoxy) is 3. The lowest BCUT2D eigenvalue weighted by Crippen LogP contribution is -2.27. The van der Waals surface area contributed by atoms with Crippen LogP contribution < -0.4 is 14.8 Å². The van der Waals surface area contributed by atoms with Crippen molar-refractivity contribution >= 4 is 9.84 Å². The zero-order valence-corrected chi connectivity index (χ0v) is 13.1. The van der Waals surface area contributed by atoms with Crippen molar-refractivity contribution in [1.29, 1.82) is 0 Å². The molecule has 6 nitrogen and oxygen atoms in total. The van der Waals surface area contributed by atoms with E-state index in [4.69, 9.17) is 14.2 Å². The molecule has 0 saturated heterocycles. The first-order valence-corrected chi connectivity index (χ1v) is 8.64. The highest BCUT2D eigenvalue weighted by Crippen LogP contribution is 2.34. The van der Waals surface area contributed by atoms with Gasteiger partial charge in [0.25, 0.3) is 0 Å². The molecule has 1 aromatic rings. The van der Waals surface area contributed by atoms with Crippen molar-refractivity contribution in [3.05, 3.63) is 23.8 Å². The Hall–Kier alpha value is -1.31. The van der Waals surface area contributed by atoms with Crippen molar-refractivity contribution in [3.63, 3.8) is 0 Å². The van der Waals surface area contributed by atoms with Crippen molar-refractivity contribution in [1.82, 2.24) is 5.32 Å². The first-order valence-electron chi connectivity index (χ1n) is 6.82. The van der Waals surface area contributed by atoms with E-state index in [0.29, 0.717) is 24.5 Å². The van der Waals surface area contributed by atoms with Gasteiger partial charge in [0.05, 0.1) is 11.5 Å². The number of hydrogen-bond acceptors (Lipinski definition) is 6. The molecule has 0 aliphatic carbocycles. The van der Waals surface area contributed by atoms with E-state index in [0.717, 1.165) is 5.56 Å². The maximum Gasteiger partial charge on any atom is 0.231 e. The highest BCUT2D eigenvalue weighted by Gasteiger charge is 2.22. The zero-order valence-electron chi connectivity index (χ0n) is 12.3. The molecule has 21 heavy (non-hydrogen) atoms. The number of nitrogens with one attached hydrogen (secondary N) is 1. The predicted octanol–water partition coefficient (Wildman–Crippen LogP) is 1.13. The highest BCUT2D eigenvalue weighted by atomic mass is 32.2. The Morgan fingerprint density at radius 1 is 1.33 bits per heavy atom. The fourth-order valence-corrected chi connectivity index (χ4v) is 3.83. The molecule has 1 aromatic carbocycles. The van der Waals surface area contributed by atoms with E-state index < -0.39 is 9.84 Å². The summed E-state index contributed by atoms with van der Waals surface area (Å²) in [5.74, 6) is 1.53. The molecule has 0 amide bonds. The molecule has 0 fully saturated rings. The number of methoxy groups -OCH3 is 1. The average Bonchev–Trinajstić information content (AvgIpc) is 2.92. The second-order valence-corrected chi connectivity index (χ2v) is 7.14. The highest BCUT2D eigenvalue weighted by molar-refractivity contribution is 7.91. The van der Waals surface area contributed by atoms with E-state index in [9.17, 15) is 8.42 Å². The topological polar surface area (TPSA) is 73.9 Å². The normalized spacial score (nSPS) is 15.1. The largest absolute Gasteiger partial charge is 0.454 e. The van der Waals surface area contributed by atoms with Crippen molar-refractivity contribution in [2.45, 2.75) is 12.5 Å². The van der Waals surface area contributed by atoms with Gasteiger partial charge in [-0.1, -0.05) is 6.07 Å². The summed E-state index contributed by atoms with van der Waals surface area (Å²) in [4.78, 5) is 0. The average molecular weight is 315 g/mol. The minimum Gasteiger partial charge on any atom is -0.454 e. The lowest BCUT2D eigenvalue weighted by Gasteiger charge is -2.17. The lowest BCUT2D eigenvalue weighted by atomic mass is 10.1. The maximum absolute atomic E-state index is 12.1. The van der Waals surface area contributed by atoms with E-state index >= 15 is 0 Å². The van der Waals surface area contributed by atoms with Crippen LogP contribution in [0.4, 0.5) is 0 Å². The van der Waals surface area contributed by atoms with Gasteiger partial charge in [-0.25, -0.2) is 8.42 Å². The van der Waals surface area contributed by atoms with Gasteiger partial charge in [0.2, 0.25) is 6.79 Å². The molecule has 0 bridgehead atoms. The molecule has 0 aromatic heterocycles. The van der Waals surface area contributed by atoms with Crippen LogP contribution in [0, 0.1) is 0 Å². The van der Waals surface area contributed by atoms with Gasteiger partial charge in [0.15, 0.2) is 21.3 Å². The third-order valence-corrected chi connectivity index (χ3v) is 5.12. The van der Waals surface area contributed by atoms with Crippen LogP contribution in [0.15, 0.2) is 18.2 Å². The molecule has 1 heterocycles. The summed E-state index contributed by atoms with van der Waals surface area (Å²) in [5, 5.41) is 3.05. The van der Waals surface area contributed by atoms with Gasteiger partial charge >= 0.3 is 0 Å². The molecule has 1 aliphatic rings. The van der Waals surface area contributed by atoms with Crippen LogP contribution in [-0.4, -0.2) is 47.5 Å². The zero-order chi connectivity index (χ0) is 15.3. The SMILES string of the molecule is CNC(CS(=O)(=O)CCCOC)c1ccc2c(c1)OCO2. The molecule has 1 N–H and O–H groups in total. The van der Waals surface area contributed by atoms with Crippen LogP contribution >= 0.6 is 0 Å². The molecule has 0 radical (unpaired) electrons.